The maximum atomic E-state index is 11.9. The number of rotatable bonds is 7. The molecule has 0 spiro atoms. The molecule has 0 atom stereocenters. The van der Waals surface area contributed by atoms with Crippen molar-refractivity contribution in [1.29, 1.82) is 0 Å². The molecule has 5 aromatic rings. The predicted octanol–water partition coefficient (Wildman–Crippen LogP) is 8.69. The number of aromatic amines is 1. The fourth-order valence-electron chi connectivity index (χ4n) is 4.60. The van der Waals surface area contributed by atoms with E-state index in [1.54, 1.807) is 36.4 Å². The number of nitrogens with one attached hydrogen (secondary N) is 1. The van der Waals surface area contributed by atoms with Crippen molar-refractivity contribution in [2.75, 3.05) is 7.11 Å². The number of nitrogens with zero attached hydrogens (tertiary/aromatic N) is 1. The number of H-pyrrole nitrogens is 1. The highest BCUT2D eigenvalue weighted by Gasteiger charge is 2.33. The molecule has 0 bridgehead atoms. The van der Waals surface area contributed by atoms with Gasteiger partial charge in [-0.3, -0.25) is 0 Å². The van der Waals surface area contributed by atoms with Crippen molar-refractivity contribution in [2.24, 2.45) is 0 Å². The highest BCUT2D eigenvalue weighted by Crippen LogP contribution is 2.46. The van der Waals surface area contributed by atoms with Crippen LogP contribution in [-0.4, -0.2) is 23.2 Å². The third-order valence-electron chi connectivity index (χ3n) is 6.68. The number of fused-ring (bicyclic) bond motifs is 1. The van der Waals surface area contributed by atoms with Crippen molar-refractivity contribution < 1.29 is 18.8 Å². The van der Waals surface area contributed by atoms with E-state index in [9.17, 15) is 4.79 Å². The van der Waals surface area contributed by atoms with E-state index in [1.165, 1.54) is 7.11 Å². The van der Waals surface area contributed by atoms with Gasteiger partial charge in [-0.2, -0.15) is 0 Å². The third kappa shape index (κ3) is 4.53. The summed E-state index contributed by atoms with van der Waals surface area (Å²) in [6, 6.07) is 16.3. The van der Waals surface area contributed by atoms with Gasteiger partial charge in [-0.15, -0.1) is 0 Å². The van der Waals surface area contributed by atoms with Crippen LogP contribution in [0, 0.1) is 0 Å². The molecule has 1 saturated carbocycles. The van der Waals surface area contributed by atoms with Gasteiger partial charge in [0.25, 0.3) is 0 Å². The maximum Gasteiger partial charge on any atom is 0.337 e. The zero-order valence-corrected chi connectivity index (χ0v) is 22.5. The zero-order chi connectivity index (χ0) is 26.4. The van der Waals surface area contributed by atoms with Crippen LogP contribution >= 0.6 is 34.8 Å². The minimum atomic E-state index is -0.389. The predicted molar refractivity (Wildman–Crippen MR) is 148 cm³/mol. The molecule has 192 valence electrons. The van der Waals surface area contributed by atoms with E-state index in [1.807, 2.05) is 24.4 Å². The highest BCUT2D eigenvalue weighted by molar-refractivity contribution is 6.39. The van der Waals surface area contributed by atoms with E-state index in [0.717, 1.165) is 46.2 Å². The number of carbonyl (C=O) groups excluding carboxylic acids is 1. The van der Waals surface area contributed by atoms with Gasteiger partial charge in [-0.05, 0) is 55.3 Å². The lowest BCUT2D eigenvalue weighted by atomic mass is 10.0. The quantitative estimate of drug-likeness (QED) is 0.199. The van der Waals surface area contributed by atoms with Gasteiger partial charge < -0.3 is 19.0 Å². The van der Waals surface area contributed by atoms with Crippen LogP contribution < -0.4 is 4.74 Å². The summed E-state index contributed by atoms with van der Waals surface area (Å²) in [6.45, 7) is 0.227. The molecule has 1 N–H and O–H groups in total. The van der Waals surface area contributed by atoms with Crippen LogP contribution in [0.25, 0.3) is 33.3 Å². The van der Waals surface area contributed by atoms with Gasteiger partial charge in [-0.1, -0.05) is 52.1 Å². The number of esters is 1. The molecule has 0 amide bonds. The second-order valence-corrected chi connectivity index (χ2v) is 10.4. The van der Waals surface area contributed by atoms with Gasteiger partial charge in [-0.25, -0.2) is 4.79 Å². The number of methoxy groups -OCH3 is 1. The van der Waals surface area contributed by atoms with E-state index in [-0.39, 0.29) is 12.6 Å². The Labute approximate surface area is 233 Å². The molecule has 1 aliphatic rings. The SMILES string of the molecule is COC(=O)c1ccc2c(-c3ccc(OCc4c(-c5c(Cl)cccc5Cl)noc4C4CC4)cc3Cl)c[nH]c2c1. The maximum absolute atomic E-state index is 11.9. The number of ether oxygens (including phenoxy) is 2. The lowest BCUT2D eigenvalue weighted by Gasteiger charge is -2.11. The number of halogens is 3. The molecule has 2 heterocycles. The smallest absolute Gasteiger partial charge is 0.337 e. The molecule has 0 saturated heterocycles. The van der Waals surface area contributed by atoms with Crippen LogP contribution in [0.5, 0.6) is 5.75 Å². The summed E-state index contributed by atoms with van der Waals surface area (Å²) >= 11 is 19.6. The van der Waals surface area contributed by atoms with Gasteiger partial charge in [0.05, 0.1) is 33.3 Å². The van der Waals surface area contributed by atoms with E-state index < -0.39 is 0 Å². The molecular weight excluding hydrogens is 547 g/mol. The normalized spacial score (nSPS) is 13.2. The largest absolute Gasteiger partial charge is 0.489 e. The van der Waals surface area contributed by atoms with Crippen LogP contribution in [-0.2, 0) is 11.3 Å². The highest BCUT2D eigenvalue weighted by atomic mass is 35.5. The second-order valence-electron chi connectivity index (χ2n) is 9.13. The van der Waals surface area contributed by atoms with Crippen molar-refractivity contribution in [3.8, 4) is 28.1 Å². The molecule has 6 rings (SSSR count). The molecule has 0 radical (unpaired) electrons. The van der Waals surface area contributed by atoms with Crippen LogP contribution in [0.1, 0.15) is 40.4 Å². The van der Waals surface area contributed by atoms with Crippen molar-refractivity contribution >= 4 is 51.7 Å². The van der Waals surface area contributed by atoms with Gasteiger partial charge in [0.1, 0.15) is 23.8 Å². The Morgan fingerprint density at radius 3 is 2.53 bits per heavy atom. The topological polar surface area (TPSA) is 77.3 Å². The van der Waals surface area contributed by atoms with E-state index in [4.69, 9.17) is 48.8 Å². The second kappa shape index (κ2) is 10.0. The average Bonchev–Trinajstić information content (AvgIpc) is 3.55. The summed E-state index contributed by atoms with van der Waals surface area (Å²) in [5.74, 6) is 1.35. The number of carbonyl (C=O) groups is 1. The first kappa shape index (κ1) is 24.9. The van der Waals surface area contributed by atoms with Crippen LogP contribution in [0.3, 0.4) is 0 Å². The Bertz CT molecular complexity index is 1670. The monoisotopic (exact) mass is 566 g/mol. The van der Waals surface area contributed by atoms with Crippen molar-refractivity contribution in [1.82, 2.24) is 10.1 Å². The Morgan fingerprint density at radius 1 is 1.03 bits per heavy atom. The minimum Gasteiger partial charge on any atom is -0.489 e. The molecular formula is C29H21Cl3N2O4. The molecule has 3 aromatic carbocycles. The third-order valence-corrected chi connectivity index (χ3v) is 7.63. The van der Waals surface area contributed by atoms with E-state index >= 15 is 0 Å². The standard InChI is InChI=1S/C29H21Cl3N2O4/c1-36-29(35)16-7-9-19-20(13-33-25(19)11-16)18-10-8-17(12-24(18)32)37-14-21-27(34-38-28(21)15-5-6-15)26-22(30)3-2-4-23(26)31/h2-4,7-13,15,33H,5-6,14H2,1H3. The van der Waals surface area contributed by atoms with E-state index in [2.05, 4.69) is 10.1 Å². The summed E-state index contributed by atoms with van der Waals surface area (Å²) in [6.07, 6.45) is 3.96. The average molecular weight is 568 g/mol. The van der Waals surface area contributed by atoms with Crippen molar-refractivity contribution in [2.45, 2.75) is 25.4 Å². The molecule has 2 aromatic heterocycles. The fourth-order valence-corrected chi connectivity index (χ4v) is 5.45. The minimum absolute atomic E-state index is 0.227. The van der Waals surface area contributed by atoms with Gasteiger partial charge in [0, 0.05) is 39.7 Å². The Hall–Kier alpha value is -3.45. The summed E-state index contributed by atoms with van der Waals surface area (Å²) < 4.78 is 16.7. The van der Waals surface area contributed by atoms with Crippen LogP contribution in [0.2, 0.25) is 15.1 Å². The van der Waals surface area contributed by atoms with Crippen LogP contribution in [0.4, 0.5) is 0 Å². The van der Waals surface area contributed by atoms with Crippen molar-refractivity contribution in [3.05, 3.63) is 92.7 Å². The van der Waals surface area contributed by atoms with Gasteiger partial charge in [0.15, 0.2) is 0 Å². The number of hydrogen-bond acceptors (Lipinski definition) is 5. The fraction of sp³-hybridized carbons (Fsp3) is 0.172. The summed E-state index contributed by atoms with van der Waals surface area (Å²) in [7, 11) is 1.36. The number of hydrogen-bond donors (Lipinski definition) is 1. The lowest BCUT2D eigenvalue weighted by Crippen LogP contribution is -2.00. The molecule has 0 unspecified atom stereocenters. The van der Waals surface area contributed by atoms with Gasteiger partial charge in [0.2, 0.25) is 0 Å². The van der Waals surface area contributed by atoms with Crippen molar-refractivity contribution in [3.63, 3.8) is 0 Å². The number of benzene rings is 3. The summed E-state index contributed by atoms with van der Waals surface area (Å²) in [5, 5.41) is 6.78. The summed E-state index contributed by atoms with van der Waals surface area (Å²) in [5.41, 5.74) is 5.09. The number of aromatic nitrogens is 2. The lowest BCUT2D eigenvalue weighted by molar-refractivity contribution is 0.0601. The summed E-state index contributed by atoms with van der Waals surface area (Å²) in [4.78, 5) is 15.1. The molecule has 9 heteroatoms. The molecule has 1 fully saturated rings. The first-order chi connectivity index (χ1) is 18.4. The Balaban J connectivity index is 1.28. The first-order valence-electron chi connectivity index (χ1n) is 12.0. The van der Waals surface area contributed by atoms with E-state index in [0.29, 0.717) is 43.6 Å². The molecule has 38 heavy (non-hydrogen) atoms. The molecule has 0 aliphatic heterocycles. The van der Waals surface area contributed by atoms with Gasteiger partial charge >= 0.3 is 5.97 Å². The molecule has 1 aliphatic carbocycles. The van der Waals surface area contributed by atoms with Crippen LogP contribution in [0.15, 0.2) is 65.3 Å². The Morgan fingerprint density at radius 2 is 1.82 bits per heavy atom. The molecule has 6 nitrogen and oxygen atoms in total. The first-order valence-corrected chi connectivity index (χ1v) is 13.1. The zero-order valence-electron chi connectivity index (χ0n) is 20.2. The Kier molecular flexibility index (Phi) is 6.56.